The first-order valence-electron chi connectivity index (χ1n) is 25.6. The number of nitrogens with zero attached hydrogens (tertiary/aromatic N) is 1. The van der Waals surface area contributed by atoms with Crippen LogP contribution in [-0.4, -0.2) is 68.3 Å². The van der Waals surface area contributed by atoms with E-state index in [4.69, 9.17) is 18.5 Å². The molecular weight excluding hydrogens is 810 g/mol. The van der Waals surface area contributed by atoms with Gasteiger partial charge in [-0.25, -0.2) is 4.57 Å². The number of esters is 2. The van der Waals surface area contributed by atoms with E-state index in [-0.39, 0.29) is 32.0 Å². The summed E-state index contributed by atoms with van der Waals surface area (Å²) in [5, 5.41) is 0. The van der Waals surface area contributed by atoms with Gasteiger partial charge in [-0.05, 0) is 97.6 Å². The maximum absolute atomic E-state index is 12.7. The van der Waals surface area contributed by atoms with Crippen LogP contribution in [0, 0.1) is 0 Å². The van der Waals surface area contributed by atoms with Gasteiger partial charge in [0.05, 0.1) is 13.2 Å². The average Bonchev–Trinajstić information content (AvgIpc) is 3.25. The molecule has 0 saturated carbocycles. The lowest BCUT2D eigenvalue weighted by Gasteiger charge is -2.20. The van der Waals surface area contributed by atoms with Gasteiger partial charge in [0, 0.05) is 19.4 Å². The zero-order valence-electron chi connectivity index (χ0n) is 41.0. The molecule has 0 spiro atoms. The number of carbonyl (C=O) groups is 2. The Morgan fingerprint density at radius 1 is 0.492 bits per heavy atom. The molecule has 1 N–H and O–H groups in total. The van der Waals surface area contributed by atoms with E-state index in [2.05, 4.69) is 74.6 Å². The minimum absolute atomic E-state index is 0.00103. The number of hydrogen-bond donors (Lipinski definition) is 1. The van der Waals surface area contributed by atoms with Gasteiger partial charge in [-0.15, -0.1) is 0 Å². The quantitative estimate of drug-likeness (QED) is 0.0276. The average molecular weight is 906 g/mol. The van der Waals surface area contributed by atoms with Crippen LogP contribution in [0.15, 0.2) is 60.8 Å². The van der Waals surface area contributed by atoms with Gasteiger partial charge in [0.15, 0.2) is 6.10 Å². The second-order valence-corrected chi connectivity index (χ2v) is 18.8. The van der Waals surface area contributed by atoms with Crippen LogP contribution in [0.5, 0.6) is 0 Å². The van der Waals surface area contributed by atoms with Gasteiger partial charge < -0.3 is 19.3 Å². The van der Waals surface area contributed by atoms with Crippen molar-refractivity contribution in [1.82, 2.24) is 4.90 Å². The molecule has 0 aliphatic carbocycles. The van der Waals surface area contributed by atoms with Crippen LogP contribution >= 0.6 is 7.82 Å². The number of rotatable bonds is 47. The number of ether oxygens (including phenoxy) is 2. The van der Waals surface area contributed by atoms with E-state index in [0.717, 1.165) is 57.8 Å². The third-order valence-electron chi connectivity index (χ3n) is 10.8. The number of phosphoric ester groups is 1. The molecule has 9 nitrogen and oxygen atoms in total. The van der Waals surface area contributed by atoms with Crippen LogP contribution < -0.4 is 0 Å². The number of carbonyl (C=O) groups excluding carboxylic acids is 2. The molecule has 0 radical (unpaired) electrons. The van der Waals surface area contributed by atoms with Crippen LogP contribution in [-0.2, 0) is 32.7 Å². The van der Waals surface area contributed by atoms with Gasteiger partial charge in [0.2, 0.25) is 0 Å². The first-order chi connectivity index (χ1) is 30.7. The van der Waals surface area contributed by atoms with Gasteiger partial charge in [-0.2, -0.15) is 0 Å². The molecule has 0 aromatic rings. The largest absolute Gasteiger partial charge is 0.472 e. The lowest BCUT2D eigenvalue weighted by molar-refractivity contribution is -0.161. The number of likely N-dealkylation sites (N-methyl/N-ethyl adjacent to an activating group) is 1. The Morgan fingerprint density at radius 3 is 1.33 bits per heavy atom. The molecule has 0 aliphatic rings. The maximum atomic E-state index is 12.7. The molecule has 0 saturated heterocycles. The zero-order valence-corrected chi connectivity index (χ0v) is 41.9. The Balaban J connectivity index is 4.24. The summed E-state index contributed by atoms with van der Waals surface area (Å²) in [6.45, 7) is 4.27. The third-order valence-corrected chi connectivity index (χ3v) is 11.8. The molecule has 0 amide bonds. The van der Waals surface area contributed by atoms with E-state index in [1.807, 2.05) is 19.0 Å². The smallest absolute Gasteiger partial charge is 0.462 e. The van der Waals surface area contributed by atoms with Crippen LogP contribution in [0.1, 0.15) is 219 Å². The Labute approximate surface area is 387 Å². The first-order valence-corrected chi connectivity index (χ1v) is 27.1. The van der Waals surface area contributed by atoms with Crippen molar-refractivity contribution in [1.29, 1.82) is 0 Å². The van der Waals surface area contributed by atoms with Crippen LogP contribution in [0.3, 0.4) is 0 Å². The maximum Gasteiger partial charge on any atom is 0.472 e. The topological polar surface area (TPSA) is 112 Å². The van der Waals surface area contributed by atoms with E-state index >= 15 is 0 Å². The minimum Gasteiger partial charge on any atom is -0.462 e. The molecule has 0 aromatic heterocycles. The van der Waals surface area contributed by atoms with Gasteiger partial charge in [-0.3, -0.25) is 18.6 Å². The van der Waals surface area contributed by atoms with Crippen LogP contribution in [0.25, 0.3) is 0 Å². The van der Waals surface area contributed by atoms with Crippen molar-refractivity contribution in [2.75, 3.05) is 40.5 Å². The van der Waals surface area contributed by atoms with E-state index < -0.39 is 26.5 Å². The number of phosphoric acid groups is 1. The lowest BCUT2D eigenvalue weighted by atomic mass is 10.0. The van der Waals surface area contributed by atoms with Crippen molar-refractivity contribution in [3.63, 3.8) is 0 Å². The predicted molar refractivity (Wildman–Crippen MR) is 266 cm³/mol. The number of unbranched alkanes of at least 4 members (excludes halogenated alkanes) is 23. The summed E-state index contributed by atoms with van der Waals surface area (Å²) in [6, 6.07) is 0. The summed E-state index contributed by atoms with van der Waals surface area (Å²) in [7, 11) is -0.733. The van der Waals surface area contributed by atoms with Crippen molar-refractivity contribution < 1.29 is 37.6 Å². The summed E-state index contributed by atoms with van der Waals surface area (Å²) in [5.74, 6) is -0.837. The molecule has 0 bridgehead atoms. The molecule has 0 heterocycles. The molecule has 0 aromatic carbocycles. The molecule has 2 unspecified atom stereocenters. The van der Waals surface area contributed by atoms with Crippen LogP contribution in [0.4, 0.5) is 0 Å². The van der Waals surface area contributed by atoms with E-state index in [1.54, 1.807) is 0 Å². The molecule has 0 fully saturated rings. The Kier molecular flexibility index (Phi) is 45.9. The normalized spacial score (nSPS) is 13.7. The van der Waals surface area contributed by atoms with Gasteiger partial charge in [0.1, 0.15) is 6.61 Å². The van der Waals surface area contributed by atoms with Crippen molar-refractivity contribution in [3.05, 3.63) is 60.8 Å². The van der Waals surface area contributed by atoms with Crippen molar-refractivity contribution in [3.8, 4) is 0 Å². The number of hydrogen-bond acceptors (Lipinski definition) is 8. The van der Waals surface area contributed by atoms with Gasteiger partial charge in [-0.1, -0.05) is 184 Å². The molecule has 10 heteroatoms. The zero-order chi connectivity index (χ0) is 46.2. The summed E-state index contributed by atoms with van der Waals surface area (Å²) in [6.07, 6.45) is 57.0. The second kappa shape index (κ2) is 47.7. The molecule has 0 aliphatic heterocycles. The summed E-state index contributed by atoms with van der Waals surface area (Å²) >= 11 is 0. The Hall–Kier alpha value is -2.29. The van der Waals surface area contributed by atoms with E-state index in [0.29, 0.717) is 13.0 Å². The predicted octanol–water partition coefficient (Wildman–Crippen LogP) is 15.4. The summed E-state index contributed by atoms with van der Waals surface area (Å²) in [4.78, 5) is 37.2. The highest BCUT2D eigenvalue weighted by molar-refractivity contribution is 7.47. The molecule has 2 atom stereocenters. The van der Waals surface area contributed by atoms with Crippen molar-refractivity contribution in [2.24, 2.45) is 0 Å². The van der Waals surface area contributed by atoms with Crippen LogP contribution in [0.2, 0.25) is 0 Å². The highest BCUT2D eigenvalue weighted by atomic mass is 31.2. The Bertz CT molecular complexity index is 1230. The fourth-order valence-corrected chi connectivity index (χ4v) is 7.58. The van der Waals surface area contributed by atoms with Crippen molar-refractivity contribution in [2.45, 2.75) is 225 Å². The fraction of sp³-hybridized carbons (Fsp3) is 0.774. The summed E-state index contributed by atoms with van der Waals surface area (Å²) < 4.78 is 33.6. The highest BCUT2D eigenvalue weighted by Gasteiger charge is 2.26. The van der Waals surface area contributed by atoms with Gasteiger partial charge >= 0.3 is 19.8 Å². The lowest BCUT2D eigenvalue weighted by Crippen LogP contribution is -2.29. The number of allylic oxidation sites excluding steroid dienone is 10. The molecule has 0 rings (SSSR count). The molecule has 63 heavy (non-hydrogen) atoms. The minimum atomic E-state index is -4.38. The third kappa shape index (κ3) is 49.0. The SMILES string of the molecule is CCCCC/C=C\C/C=C\C/C=C\C/C=C\CCCCCC(=O)OC(COC(=O)CCCCCCCCCCCCC/C=C\CCCCCCCC)COP(=O)(O)OCCN(C)C. The first kappa shape index (κ1) is 60.7. The fourth-order valence-electron chi connectivity index (χ4n) is 6.84. The molecule has 366 valence electrons. The standard InChI is InChI=1S/C53H96NO8P/c1-5-7-9-11-13-15-17-19-21-23-25-26-28-29-31-33-35-37-39-41-43-45-52(55)59-49-51(50-61-63(57,58)60-48-47-54(3)4)62-53(56)46-44-42-40-38-36-34-32-30-27-24-22-20-18-16-14-12-10-8-6-2/h14,16,19-22,27,30,34,36,51H,5-13,15,17-18,23-26,28-29,31-33,35,37-50H2,1-4H3,(H,57,58)/b16-14-,21-19-,22-20-,30-27-,36-34-. The molecular formula is C53H96NO8P. The monoisotopic (exact) mass is 906 g/mol. The second-order valence-electron chi connectivity index (χ2n) is 17.3. The van der Waals surface area contributed by atoms with Gasteiger partial charge in [0.25, 0.3) is 0 Å². The summed E-state index contributed by atoms with van der Waals surface area (Å²) in [5.41, 5.74) is 0. The highest BCUT2D eigenvalue weighted by Crippen LogP contribution is 2.43. The Morgan fingerprint density at radius 2 is 0.857 bits per heavy atom. The van der Waals surface area contributed by atoms with Crippen molar-refractivity contribution >= 4 is 19.8 Å². The van der Waals surface area contributed by atoms with E-state index in [9.17, 15) is 19.0 Å². The van der Waals surface area contributed by atoms with E-state index in [1.165, 1.54) is 128 Å².